The maximum absolute atomic E-state index is 12.2. The molecule has 6 heteroatoms. The van der Waals surface area contributed by atoms with Crippen molar-refractivity contribution < 1.29 is 9.90 Å². The molecule has 0 saturated heterocycles. The predicted molar refractivity (Wildman–Crippen MR) is 98.0 cm³/mol. The Morgan fingerprint density at radius 3 is 2.70 bits per heavy atom. The van der Waals surface area contributed by atoms with Gasteiger partial charge in [0, 0.05) is 19.1 Å². The van der Waals surface area contributed by atoms with Gasteiger partial charge in [-0.2, -0.15) is 0 Å². The molecular formula is C17H14BrNO2S2. The Hall–Kier alpha value is -1.47. The van der Waals surface area contributed by atoms with Crippen molar-refractivity contribution in [1.29, 1.82) is 0 Å². The summed E-state index contributed by atoms with van der Waals surface area (Å²) in [5, 5.41) is 15.2. The van der Waals surface area contributed by atoms with Crippen LogP contribution in [0.1, 0.15) is 31.1 Å². The van der Waals surface area contributed by atoms with Gasteiger partial charge in [-0.3, -0.25) is 4.79 Å². The highest BCUT2D eigenvalue weighted by Crippen LogP contribution is 2.30. The number of amides is 1. The monoisotopic (exact) mass is 407 g/mol. The van der Waals surface area contributed by atoms with Crippen LogP contribution in [0.3, 0.4) is 0 Å². The number of rotatable bonds is 5. The summed E-state index contributed by atoms with van der Waals surface area (Å²) in [6.45, 7) is 0.446. The first-order valence-electron chi connectivity index (χ1n) is 6.98. The standard InChI is InChI=1S/C17H14BrNO2S2/c18-13-5-2-1-4-12(13)17(21)19-10-11-7-8-15(23-11)16(20)14-6-3-9-22-14/h1-9,16,20H,10H2,(H,19,21). The molecule has 0 radical (unpaired) electrons. The number of hydrogen-bond donors (Lipinski definition) is 2. The molecule has 2 aromatic heterocycles. The molecule has 0 aliphatic carbocycles. The average Bonchev–Trinajstić information content (AvgIpc) is 3.24. The fraction of sp³-hybridized carbons (Fsp3) is 0.118. The van der Waals surface area contributed by atoms with Crippen LogP contribution < -0.4 is 5.32 Å². The number of thiophene rings is 2. The predicted octanol–water partition coefficient (Wildman–Crippen LogP) is 4.58. The largest absolute Gasteiger partial charge is 0.382 e. The van der Waals surface area contributed by atoms with Crippen LogP contribution in [-0.4, -0.2) is 11.0 Å². The summed E-state index contributed by atoms with van der Waals surface area (Å²) in [5.74, 6) is -0.119. The summed E-state index contributed by atoms with van der Waals surface area (Å²) in [5.41, 5.74) is 0.614. The molecule has 3 aromatic rings. The van der Waals surface area contributed by atoms with Crippen LogP contribution in [0.2, 0.25) is 0 Å². The van der Waals surface area contributed by atoms with Crippen molar-refractivity contribution in [2.45, 2.75) is 12.6 Å². The van der Waals surface area contributed by atoms with Gasteiger partial charge in [-0.25, -0.2) is 0 Å². The van der Waals surface area contributed by atoms with E-state index in [0.29, 0.717) is 12.1 Å². The number of carbonyl (C=O) groups is 1. The topological polar surface area (TPSA) is 49.3 Å². The van der Waals surface area contributed by atoms with Crippen molar-refractivity contribution in [3.63, 3.8) is 0 Å². The summed E-state index contributed by atoms with van der Waals surface area (Å²) >= 11 is 6.42. The first kappa shape index (κ1) is 16.4. The third-order valence-electron chi connectivity index (χ3n) is 3.31. The summed E-state index contributed by atoms with van der Waals surface area (Å²) in [4.78, 5) is 15.0. The Morgan fingerprint density at radius 1 is 1.13 bits per heavy atom. The minimum absolute atomic E-state index is 0.119. The molecule has 3 nitrogen and oxygen atoms in total. The molecule has 0 aliphatic heterocycles. The third-order valence-corrected chi connectivity index (χ3v) is 6.06. The molecule has 0 aliphatic rings. The van der Waals surface area contributed by atoms with Gasteiger partial charge in [-0.05, 0) is 51.6 Å². The van der Waals surface area contributed by atoms with Crippen molar-refractivity contribution in [1.82, 2.24) is 5.32 Å². The average molecular weight is 408 g/mol. The lowest BCUT2D eigenvalue weighted by Crippen LogP contribution is -2.22. The number of benzene rings is 1. The number of carbonyl (C=O) groups excluding carboxylic acids is 1. The van der Waals surface area contributed by atoms with E-state index in [1.54, 1.807) is 6.07 Å². The van der Waals surface area contributed by atoms with Gasteiger partial charge < -0.3 is 10.4 Å². The van der Waals surface area contributed by atoms with Gasteiger partial charge in [0.2, 0.25) is 0 Å². The third kappa shape index (κ3) is 3.90. The van der Waals surface area contributed by atoms with Gasteiger partial charge in [-0.15, -0.1) is 22.7 Å². The molecule has 0 bridgehead atoms. The zero-order valence-electron chi connectivity index (χ0n) is 12.0. The van der Waals surface area contributed by atoms with Crippen LogP contribution in [0, 0.1) is 0 Å². The van der Waals surface area contributed by atoms with E-state index < -0.39 is 6.10 Å². The molecule has 0 spiro atoms. The van der Waals surface area contributed by atoms with E-state index in [2.05, 4.69) is 21.2 Å². The Balaban J connectivity index is 1.64. The van der Waals surface area contributed by atoms with Crippen LogP contribution in [-0.2, 0) is 6.54 Å². The van der Waals surface area contributed by atoms with Crippen LogP contribution >= 0.6 is 38.6 Å². The molecule has 2 N–H and O–H groups in total. The molecule has 3 rings (SSSR count). The van der Waals surface area contributed by atoms with Crippen LogP contribution in [0.25, 0.3) is 0 Å². The van der Waals surface area contributed by atoms with Crippen molar-refractivity contribution in [2.75, 3.05) is 0 Å². The van der Waals surface area contributed by atoms with Crippen molar-refractivity contribution in [3.05, 3.63) is 78.6 Å². The maximum Gasteiger partial charge on any atom is 0.252 e. The number of nitrogens with one attached hydrogen (secondary N) is 1. The minimum atomic E-state index is -0.590. The summed E-state index contributed by atoms with van der Waals surface area (Å²) < 4.78 is 0.775. The second-order valence-corrected chi connectivity index (χ2v) is 7.92. The molecule has 1 amide bonds. The second-order valence-electron chi connectivity index (χ2n) is 4.88. The molecule has 1 atom stereocenters. The molecular weight excluding hydrogens is 394 g/mol. The summed E-state index contributed by atoms with van der Waals surface area (Å²) in [6.07, 6.45) is -0.590. The summed E-state index contributed by atoms with van der Waals surface area (Å²) in [7, 11) is 0. The van der Waals surface area contributed by atoms with E-state index in [1.807, 2.05) is 47.8 Å². The molecule has 2 heterocycles. The van der Waals surface area contributed by atoms with Gasteiger partial charge in [0.15, 0.2) is 0 Å². The first-order valence-corrected chi connectivity index (χ1v) is 9.47. The van der Waals surface area contributed by atoms with E-state index >= 15 is 0 Å². The molecule has 1 unspecified atom stereocenters. The lowest BCUT2D eigenvalue weighted by Gasteiger charge is -2.06. The van der Waals surface area contributed by atoms with E-state index in [4.69, 9.17) is 0 Å². The van der Waals surface area contributed by atoms with Crippen molar-refractivity contribution >= 4 is 44.5 Å². The van der Waals surface area contributed by atoms with E-state index in [9.17, 15) is 9.90 Å². The number of hydrogen-bond acceptors (Lipinski definition) is 4. The first-order chi connectivity index (χ1) is 11.1. The van der Waals surface area contributed by atoms with Crippen LogP contribution in [0.15, 0.2) is 58.4 Å². The highest BCUT2D eigenvalue weighted by Gasteiger charge is 2.14. The number of halogens is 1. The lowest BCUT2D eigenvalue weighted by molar-refractivity contribution is 0.0950. The Morgan fingerprint density at radius 2 is 1.96 bits per heavy atom. The SMILES string of the molecule is O=C(NCc1ccc(C(O)c2cccs2)s1)c1ccccc1Br. The van der Waals surface area contributed by atoms with E-state index in [-0.39, 0.29) is 5.91 Å². The molecule has 0 fully saturated rings. The zero-order chi connectivity index (χ0) is 16.2. The van der Waals surface area contributed by atoms with E-state index in [0.717, 1.165) is 19.1 Å². The van der Waals surface area contributed by atoms with Gasteiger partial charge in [-0.1, -0.05) is 18.2 Å². The number of aliphatic hydroxyl groups excluding tert-OH is 1. The van der Waals surface area contributed by atoms with Crippen LogP contribution in [0.5, 0.6) is 0 Å². The van der Waals surface area contributed by atoms with Gasteiger partial charge in [0.05, 0.1) is 12.1 Å². The van der Waals surface area contributed by atoms with Crippen molar-refractivity contribution in [3.8, 4) is 0 Å². The van der Waals surface area contributed by atoms with Gasteiger partial charge in [0.25, 0.3) is 5.91 Å². The van der Waals surface area contributed by atoms with Crippen LogP contribution in [0.4, 0.5) is 0 Å². The molecule has 1 aromatic carbocycles. The number of aliphatic hydroxyl groups is 1. The maximum atomic E-state index is 12.2. The Bertz CT molecular complexity index is 799. The highest BCUT2D eigenvalue weighted by atomic mass is 79.9. The van der Waals surface area contributed by atoms with Gasteiger partial charge in [0.1, 0.15) is 6.10 Å². The second kappa shape index (κ2) is 7.40. The molecule has 0 saturated carbocycles. The Labute approximate surface area is 150 Å². The Kier molecular flexibility index (Phi) is 5.27. The zero-order valence-corrected chi connectivity index (χ0v) is 15.2. The van der Waals surface area contributed by atoms with E-state index in [1.165, 1.54) is 22.7 Å². The fourth-order valence-electron chi connectivity index (χ4n) is 2.13. The minimum Gasteiger partial charge on any atom is -0.382 e. The van der Waals surface area contributed by atoms with Gasteiger partial charge >= 0.3 is 0 Å². The summed E-state index contributed by atoms with van der Waals surface area (Å²) in [6, 6.07) is 15.0. The smallest absolute Gasteiger partial charge is 0.252 e. The quantitative estimate of drug-likeness (QED) is 0.649. The fourth-order valence-corrected chi connectivity index (χ4v) is 4.36. The molecule has 23 heavy (non-hydrogen) atoms. The highest BCUT2D eigenvalue weighted by molar-refractivity contribution is 9.10. The lowest BCUT2D eigenvalue weighted by atomic mass is 10.2. The normalized spacial score (nSPS) is 12.1. The molecule has 118 valence electrons. The van der Waals surface area contributed by atoms with Crippen molar-refractivity contribution in [2.24, 2.45) is 0 Å².